The van der Waals surface area contributed by atoms with Crippen LogP contribution in [0.4, 0.5) is 15.8 Å². The van der Waals surface area contributed by atoms with Gasteiger partial charge in [-0.2, -0.15) is 0 Å². The Labute approximate surface area is 160 Å². The summed E-state index contributed by atoms with van der Waals surface area (Å²) in [6.07, 6.45) is 1.16. The van der Waals surface area contributed by atoms with Gasteiger partial charge in [-0.05, 0) is 36.1 Å². The van der Waals surface area contributed by atoms with Gasteiger partial charge in [-0.1, -0.05) is 51.1 Å². The average Bonchev–Trinajstić information content (AvgIpc) is 2.59. The van der Waals surface area contributed by atoms with E-state index in [0.29, 0.717) is 5.69 Å². The normalized spacial score (nSPS) is 12.7. The van der Waals surface area contributed by atoms with E-state index in [1.54, 1.807) is 19.1 Å². The van der Waals surface area contributed by atoms with Gasteiger partial charge in [-0.25, -0.2) is 12.8 Å². The lowest BCUT2D eigenvalue weighted by molar-refractivity contribution is -0.117. The van der Waals surface area contributed by atoms with E-state index in [1.165, 1.54) is 24.3 Å². The quantitative estimate of drug-likeness (QED) is 0.770. The Morgan fingerprint density at radius 3 is 2.26 bits per heavy atom. The number of anilines is 2. The van der Waals surface area contributed by atoms with Gasteiger partial charge < -0.3 is 5.32 Å². The van der Waals surface area contributed by atoms with Crippen LogP contribution < -0.4 is 9.62 Å². The maximum Gasteiger partial charge on any atom is 0.248 e. The summed E-state index contributed by atoms with van der Waals surface area (Å²) in [7, 11) is -3.88. The number of nitrogens with one attached hydrogen (secondary N) is 1. The molecule has 0 aliphatic rings. The monoisotopic (exact) mass is 392 g/mol. The number of hydrogen-bond acceptors (Lipinski definition) is 3. The number of halogens is 1. The van der Waals surface area contributed by atoms with Gasteiger partial charge in [0.05, 0.1) is 11.9 Å². The fourth-order valence-electron chi connectivity index (χ4n) is 3.00. The maximum absolute atomic E-state index is 14.3. The first kappa shape index (κ1) is 20.9. The molecule has 0 aliphatic heterocycles. The molecular formula is C20H25FN2O3S. The van der Waals surface area contributed by atoms with Crippen LogP contribution in [0.3, 0.4) is 0 Å². The second-order valence-electron chi connectivity index (χ2n) is 6.67. The van der Waals surface area contributed by atoms with Crippen molar-refractivity contribution in [2.45, 2.75) is 39.2 Å². The third kappa shape index (κ3) is 4.86. The van der Waals surface area contributed by atoms with Gasteiger partial charge in [-0.3, -0.25) is 9.10 Å². The highest BCUT2D eigenvalue weighted by molar-refractivity contribution is 7.92. The van der Waals surface area contributed by atoms with Crippen LogP contribution in [0.5, 0.6) is 0 Å². The summed E-state index contributed by atoms with van der Waals surface area (Å²) in [5.41, 5.74) is 1.43. The van der Waals surface area contributed by atoms with Crippen molar-refractivity contribution < 1.29 is 17.6 Å². The van der Waals surface area contributed by atoms with E-state index in [1.807, 2.05) is 26.0 Å². The van der Waals surface area contributed by atoms with Gasteiger partial charge in [0.2, 0.25) is 15.9 Å². The predicted octanol–water partition coefficient (Wildman–Crippen LogP) is 4.13. The summed E-state index contributed by atoms with van der Waals surface area (Å²) in [4.78, 5) is 13.0. The standard InChI is InChI=1S/C20H25FN2O3S/c1-5-18(20(24)22-17-12-8-6-10-15(17)14(2)3)23(27(4,25)26)19-13-9-7-11-16(19)21/h6-14,18H,5H2,1-4H3,(H,22,24). The van der Waals surface area contributed by atoms with Gasteiger partial charge in [-0.15, -0.1) is 0 Å². The molecule has 2 rings (SSSR count). The Morgan fingerprint density at radius 2 is 1.70 bits per heavy atom. The molecule has 0 saturated heterocycles. The molecule has 27 heavy (non-hydrogen) atoms. The molecule has 7 heteroatoms. The molecule has 1 atom stereocenters. The van der Waals surface area contributed by atoms with E-state index in [-0.39, 0.29) is 18.0 Å². The summed E-state index contributed by atoms with van der Waals surface area (Å²) in [5.74, 6) is -1.02. The van der Waals surface area contributed by atoms with E-state index >= 15 is 0 Å². The van der Waals surface area contributed by atoms with Crippen LogP contribution in [0.2, 0.25) is 0 Å². The van der Waals surface area contributed by atoms with Gasteiger partial charge in [0.1, 0.15) is 11.9 Å². The molecule has 0 aliphatic carbocycles. The number of hydrogen-bond donors (Lipinski definition) is 1. The van der Waals surface area contributed by atoms with E-state index in [0.717, 1.165) is 16.1 Å². The minimum Gasteiger partial charge on any atom is -0.324 e. The summed E-state index contributed by atoms with van der Waals surface area (Å²) in [6, 6.07) is 11.8. The second-order valence-corrected chi connectivity index (χ2v) is 8.52. The van der Waals surface area contributed by atoms with Crippen LogP contribution in [0.15, 0.2) is 48.5 Å². The number of carbonyl (C=O) groups is 1. The summed E-state index contributed by atoms with van der Waals surface area (Å²) in [6.45, 7) is 5.70. The van der Waals surface area contributed by atoms with Crippen LogP contribution in [0.25, 0.3) is 0 Å². The molecule has 2 aromatic rings. The molecule has 1 N–H and O–H groups in total. The first-order valence-corrected chi connectivity index (χ1v) is 10.6. The van der Waals surface area contributed by atoms with E-state index in [9.17, 15) is 17.6 Å². The van der Waals surface area contributed by atoms with Crippen molar-refractivity contribution in [1.29, 1.82) is 0 Å². The summed E-state index contributed by atoms with van der Waals surface area (Å²) < 4.78 is 39.9. The largest absolute Gasteiger partial charge is 0.324 e. The van der Waals surface area contributed by atoms with Crippen LogP contribution in [-0.4, -0.2) is 26.6 Å². The molecule has 5 nitrogen and oxygen atoms in total. The molecule has 0 radical (unpaired) electrons. The molecule has 0 spiro atoms. The predicted molar refractivity (Wildman–Crippen MR) is 107 cm³/mol. The highest BCUT2D eigenvalue weighted by atomic mass is 32.2. The number of nitrogens with zero attached hydrogens (tertiary/aromatic N) is 1. The van der Waals surface area contributed by atoms with Crippen molar-refractivity contribution in [2.75, 3.05) is 15.9 Å². The number of amides is 1. The molecule has 0 heterocycles. The van der Waals surface area contributed by atoms with Crippen molar-refractivity contribution in [1.82, 2.24) is 0 Å². The lowest BCUT2D eigenvalue weighted by atomic mass is 10.0. The van der Waals surface area contributed by atoms with Gasteiger partial charge in [0.15, 0.2) is 0 Å². The van der Waals surface area contributed by atoms with Crippen molar-refractivity contribution in [2.24, 2.45) is 0 Å². The van der Waals surface area contributed by atoms with E-state index < -0.39 is 27.8 Å². The Bertz CT molecular complexity index is 913. The van der Waals surface area contributed by atoms with Gasteiger partial charge in [0.25, 0.3) is 0 Å². The molecule has 0 bridgehead atoms. The minimum absolute atomic E-state index is 0.140. The fraction of sp³-hybridized carbons (Fsp3) is 0.350. The van der Waals surface area contributed by atoms with Gasteiger partial charge in [0, 0.05) is 5.69 Å². The SMILES string of the molecule is CCC(C(=O)Nc1ccccc1C(C)C)N(c1ccccc1F)S(C)(=O)=O. The highest BCUT2D eigenvalue weighted by Gasteiger charge is 2.33. The van der Waals surface area contributed by atoms with Crippen molar-refractivity contribution in [3.8, 4) is 0 Å². The Hall–Kier alpha value is -2.41. The smallest absolute Gasteiger partial charge is 0.248 e. The highest BCUT2D eigenvalue weighted by Crippen LogP contribution is 2.28. The van der Waals surface area contributed by atoms with Crippen LogP contribution in [-0.2, 0) is 14.8 Å². The maximum atomic E-state index is 14.3. The number of benzene rings is 2. The van der Waals surface area contributed by atoms with Gasteiger partial charge >= 0.3 is 0 Å². The molecule has 0 saturated carbocycles. The minimum atomic E-state index is -3.88. The molecule has 0 aromatic heterocycles. The van der Waals surface area contributed by atoms with Crippen molar-refractivity contribution in [3.63, 3.8) is 0 Å². The number of sulfonamides is 1. The number of para-hydroxylation sites is 2. The second kappa shape index (κ2) is 8.52. The third-order valence-electron chi connectivity index (χ3n) is 4.26. The van der Waals surface area contributed by atoms with Crippen molar-refractivity contribution in [3.05, 3.63) is 59.9 Å². The average molecular weight is 392 g/mol. The molecule has 146 valence electrons. The first-order valence-electron chi connectivity index (χ1n) is 8.80. The first-order chi connectivity index (χ1) is 12.7. The third-order valence-corrected chi connectivity index (χ3v) is 5.43. The molecule has 2 aromatic carbocycles. The molecular weight excluding hydrogens is 367 g/mol. The summed E-state index contributed by atoms with van der Waals surface area (Å²) >= 11 is 0. The lowest BCUT2D eigenvalue weighted by Crippen LogP contribution is -2.47. The van der Waals surface area contributed by atoms with E-state index in [4.69, 9.17) is 0 Å². The van der Waals surface area contributed by atoms with Crippen LogP contribution >= 0.6 is 0 Å². The van der Waals surface area contributed by atoms with E-state index in [2.05, 4.69) is 5.32 Å². The Kier molecular flexibility index (Phi) is 6.59. The lowest BCUT2D eigenvalue weighted by Gasteiger charge is -2.30. The zero-order valence-corrected chi connectivity index (χ0v) is 16.8. The zero-order chi connectivity index (χ0) is 20.2. The zero-order valence-electron chi connectivity index (χ0n) is 15.9. The molecule has 1 unspecified atom stereocenters. The Balaban J connectivity index is 2.44. The topological polar surface area (TPSA) is 66.5 Å². The molecule has 1 amide bonds. The summed E-state index contributed by atoms with van der Waals surface area (Å²) in [5, 5.41) is 2.82. The Morgan fingerprint density at radius 1 is 1.11 bits per heavy atom. The number of rotatable bonds is 7. The van der Waals surface area contributed by atoms with Crippen LogP contribution in [0, 0.1) is 5.82 Å². The fourth-order valence-corrected chi connectivity index (χ4v) is 4.21. The molecule has 0 fully saturated rings. The number of carbonyl (C=O) groups excluding carboxylic acids is 1. The van der Waals surface area contributed by atoms with Crippen LogP contribution in [0.1, 0.15) is 38.7 Å². The van der Waals surface area contributed by atoms with Crippen molar-refractivity contribution >= 4 is 27.3 Å².